The molecule has 9 heteroatoms. The van der Waals surface area contributed by atoms with Gasteiger partial charge in [-0.15, -0.1) is 0 Å². The van der Waals surface area contributed by atoms with E-state index in [0.717, 1.165) is 87.5 Å². The van der Waals surface area contributed by atoms with E-state index in [2.05, 4.69) is 46.4 Å². The number of aromatic nitrogens is 2. The lowest BCUT2D eigenvalue weighted by atomic mass is 10.00. The van der Waals surface area contributed by atoms with E-state index in [-0.39, 0.29) is 11.8 Å². The average molecular weight is 647 g/mol. The normalized spacial score (nSPS) is 14.3. The van der Waals surface area contributed by atoms with Gasteiger partial charge >= 0.3 is 0 Å². The Hall–Kier alpha value is -5.44. The third-order valence-electron chi connectivity index (χ3n) is 9.06. The Labute approximate surface area is 277 Å². The van der Waals surface area contributed by atoms with Crippen LogP contribution in [0.15, 0.2) is 78.9 Å². The summed E-state index contributed by atoms with van der Waals surface area (Å²) < 4.78 is 36.4. The van der Waals surface area contributed by atoms with Crippen molar-refractivity contribution in [2.24, 2.45) is 0 Å². The lowest BCUT2D eigenvalue weighted by Crippen LogP contribution is -2.22. The predicted octanol–water partition coefficient (Wildman–Crippen LogP) is 7.79. The van der Waals surface area contributed by atoms with E-state index in [0.29, 0.717) is 24.3 Å². The summed E-state index contributed by atoms with van der Waals surface area (Å²) >= 11 is 0. The van der Waals surface area contributed by atoms with Gasteiger partial charge in [0.15, 0.2) is 11.6 Å². The number of hydrogen-bond acceptors (Lipinski definition) is 3. The van der Waals surface area contributed by atoms with E-state index in [4.69, 9.17) is 4.74 Å². The topological polar surface area (TPSA) is 77.3 Å². The van der Waals surface area contributed by atoms with Gasteiger partial charge in [-0.2, -0.15) is 0 Å². The van der Waals surface area contributed by atoms with Crippen LogP contribution in [0.2, 0.25) is 0 Å². The van der Waals surface area contributed by atoms with E-state index in [9.17, 15) is 18.4 Å². The summed E-state index contributed by atoms with van der Waals surface area (Å²) in [5.41, 5.74) is 9.29. The molecule has 0 bridgehead atoms. The van der Waals surface area contributed by atoms with Crippen molar-refractivity contribution in [2.75, 3.05) is 20.2 Å². The zero-order chi connectivity index (χ0) is 33.5. The van der Waals surface area contributed by atoms with Crippen LogP contribution in [0.5, 0.6) is 5.75 Å². The fraction of sp³-hybridized carbons (Fsp3) is 0.231. The molecule has 2 amide bonds. The molecule has 2 N–H and O–H groups in total. The Balaban J connectivity index is 0.000000152. The molecule has 0 spiro atoms. The maximum absolute atomic E-state index is 13.7. The number of fused-ring (bicyclic) bond motifs is 6. The fourth-order valence-corrected chi connectivity index (χ4v) is 6.90. The Morgan fingerprint density at radius 1 is 0.625 bits per heavy atom. The molecular formula is C39H36F2N4O3. The van der Waals surface area contributed by atoms with Crippen LogP contribution >= 0.6 is 0 Å². The number of rotatable bonds is 3. The first-order valence-corrected chi connectivity index (χ1v) is 16.2. The molecule has 0 radical (unpaired) electrons. The smallest absolute Gasteiger partial charge is 0.267 e. The van der Waals surface area contributed by atoms with Gasteiger partial charge < -0.3 is 24.5 Å². The molecule has 2 aromatic heterocycles. The Bertz CT molecular complexity index is 2220. The van der Waals surface area contributed by atoms with Crippen molar-refractivity contribution in [2.45, 2.75) is 39.8 Å². The summed E-state index contributed by atoms with van der Waals surface area (Å²) in [7, 11) is 1.67. The zero-order valence-electron chi connectivity index (χ0n) is 27.1. The Morgan fingerprint density at radius 3 is 1.62 bits per heavy atom. The number of nitrogens with zero attached hydrogens (tertiary/aromatic N) is 2. The van der Waals surface area contributed by atoms with Crippen LogP contribution in [0.1, 0.15) is 44.9 Å². The molecule has 48 heavy (non-hydrogen) atoms. The van der Waals surface area contributed by atoms with Gasteiger partial charge in [0.1, 0.15) is 17.1 Å². The molecule has 6 aromatic rings. The molecular weight excluding hydrogens is 610 g/mol. The number of benzene rings is 4. The first-order valence-electron chi connectivity index (χ1n) is 16.2. The maximum atomic E-state index is 13.7. The van der Waals surface area contributed by atoms with Gasteiger partial charge in [0.05, 0.1) is 18.1 Å². The minimum absolute atomic E-state index is 0.0158. The monoisotopic (exact) mass is 646 g/mol. The van der Waals surface area contributed by atoms with Gasteiger partial charge in [0.25, 0.3) is 11.8 Å². The average Bonchev–Trinajstić information content (AvgIpc) is 3.51. The minimum Gasteiger partial charge on any atom is -0.497 e. The first-order chi connectivity index (χ1) is 23.2. The number of carbonyl (C=O) groups is 2. The second-order valence-corrected chi connectivity index (χ2v) is 12.4. The highest BCUT2D eigenvalue weighted by Gasteiger charge is 2.22. The molecule has 7 nitrogen and oxygen atoms in total. The number of amides is 2. The zero-order valence-corrected chi connectivity index (χ0v) is 27.1. The Kier molecular flexibility index (Phi) is 8.21. The van der Waals surface area contributed by atoms with Crippen molar-refractivity contribution in [3.8, 4) is 28.0 Å². The van der Waals surface area contributed by atoms with E-state index in [1.807, 2.05) is 47.9 Å². The number of hydrogen-bond donors (Lipinski definition) is 2. The van der Waals surface area contributed by atoms with Crippen molar-refractivity contribution in [1.29, 1.82) is 0 Å². The molecule has 244 valence electrons. The molecule has 8 rings (SSSR count). The van der Waals surface area contributed by atoms with Crippen molar-refractivity contribution < 1.29 is 23.1 Å². The molecule has 0 fully saturated rings. The third-order valence-corrected chi connectivity index (χ3v) is 9.06. The van der Waals surface area contributed by atoms with Gasteiger partial charge in [0, 0.05) is 48.1 Å². The number of aryl methyl sites for hydroxylation is 4. The molecule has 0 aliphatic carbocycles. The molecule has 0 saturated heterocycles. The van der Waals surface area contributed by atoms with Crippen molar-refractivity contribution in [3.05, 3.63) is 113 Å². The number of methoxy groups -OCH3 is 1. The predicted molar refractivity (Wildman–Crippen MR) is 185 cm³/mol. The highest BCUT2D eigenvalue weighted by molar-refractivity contribution is 6.04. The Morgan fingerprint density at radius 2 is 1.12 bits per heavy atom. The van der Waals surface area contributed by atoms with Crippen molar-refractivity contribution in [3.63, 3.8) is 0 Å². The van der Waals surface area contributed by atoms with E-state index < -0.39 is 11.6 Å². The number of carbonyl (C=O) groups excluding carboxylic acids is 2. The van der Waals surface area contributed by atoms with E-state index in [1.165, 1.54) is 11.6 Å². The largest absolute Gasteiger partial charge is 0.497 e. The molecule has 2 aliphatic rings. The molecule has 0 unspecified atom stereocenters. The number of nitrogens with one attached hydrogen (secondary N) is 2. The molecule has 2 aliphatic heterocycles. The fourth-order valence-electron chi connectivity index (χ4n) is 6.90. The molecule has 0 saturated carbocycles. The second-order valence-electron chi connectivity index (χ2n) is 12.4. The van der Waals surface area contributed by atoms with Crippen molar-refractivity contribution in [1.82, 2.24) is 19.8 Å². The van der Waals surface area contributed by atoms with Crippen LogP contribution in [0.25, 0.3) is 44.1 Å². The molecule has 0 atom stereocenters. The maximum Gasteiger partial charge on any atom is 0.267 e. The summed E-state index contributed by atoms with van der Waals surface area (Å²) in [6.07, 6.45) is 1.77. The molecule has 4 aromatic carbocycles. The van der Waals surface area contributed by atoms with Gasteiger partial charge in [-0.3, -0.25) is 9.59 Å². The molecule has 4 heterocycles. The van der Waals surface area contributed by atoms with Crippen LogP contribution < -0.4 is 15.4 Å². The van der Waals surface area contributed by atoms with Gasteiger partial charge in [-0.25, -0.2) is 8.78 Å². The summed E-state index contributed by atoms with van der Waals surface area (Å²) in [5.74, 6) is -0.978. The van der Waals surface area contributed by atoms with E-state index in [1.54, 1.807) is 13.2 Å². The van der Waals surface area contributed by atoms with Gasteiger partial charge in [-0.05, 0) is 110 Å². The lowest BCUT2D eigenvalue weighted by molar-refractivity contribution is 0.0943. The van der Waals surface area contributed by atoms with E-state index >= 15 is 0 Å². The summed E-state index contributed by atoms with van der Waals surface area (Å²) in [6, 6.07) is 24.2. The van der Waals surface area contributed by atoms with Gasteiger partial charge in [0.2, 0.25) is 0 Å². The number of halogens is 2. The standard InChI is InChI=1S/C20H20N2O2.C19H16F2N2O/c1-13-10-15-12-18-20(23)21-8-3-9-22(18)19(15)17(11-13)14-4-6-16(24-2)7-5-14;1-11-7-13-10-17-19(24)22-5-2-6-23(17)18(13)14(8-11)12-3-4-15(20)16(21)9-12/h4-7,10-12H,3,8-9H2,1-2H3,(H,21,23);3-4,7-10H,2,5-6H2,1H3,(H,22,24). The quantitative estimate of drug-likeness (QED) is 0.206. The van der Waals surface area contributed by atoms with Crippen LogP contribution in [-0.4, -0.2) is 41.1 Å². The van der Waals surface area contributed by atoms with Crippen LogP contribution in [0, 0.1) is 25.5 Å². The SMILES string of the molecule is COc1ccc(-c2cc(C)cc3cc4n(c23)CCCNC4=O)cc1.Cc1cc(-c2ccc(F)c(F)c2)c2c(c1)cc1n2CCCNC1=O. The first kappa shape index (κ1) is 31.2. The summed E-state index contributed by atoms with van der Waals surface area (Å²) in [6.45, 7) is 6.96. The lowest BCUT2D eigenvalue weighted by Gasteiger charge is -2.12. The highest BCUT2D eigenvalue weighted by atomic mass is 19.2. The van der Waals surface area contributed by atoms with Crippen LogP contribution in [-0.2, 0) is 13.1 Å². The third kappa shape index (κ3) is 5.70. The summed E-state index contributed by atoms with van der Waals surface area (Å²) in [4.78, 5) is 24.6. The summed E-state index contributed by atoms with van der Waals surface area (Å²) in [5, 5.41) is 7.91. The minimum atomic E-state index is -0.873. The van der Waals surface area contributed by atoms with Crippen molar-refractivity contribution >= 4 is 33.6 Å². The highest BCUT2D eigenvalue weighted by Crippen LogP contribution is 2.35. The van der Waals surface area contributed by atoms with Crippen LogP contribution in [0.3, 0.4) is 0 Å². The number of ether oxygens (including phenoxy) is 1. The second kappa shape index (κ2) is 12.6. The van der Waals surface area contributed by atoms with Crippen LogP contribution in [0.4, 0.5) is 8.78 Å². The van der Waals surface area contributed by atoms with Gasteiger partial charge in [-0.1, -0.05) is 18.2 Å².